The predicted octanol–water partition coefficient (Wildman–Crippen LogP) is 3.48. The average Bonchev–Trinajstić information content (AvgIpc) is 2.27. The molecular weight excluding hydrogens is 200 g/mol. The Balaban J connectivity index is 3.01. The number of hydrogen-bond acceptors (Lipinski definition) is 2. The van der Waals surface area contributed by atoms with E-state index in [9.17, 15) is 4.79 Å². The van der Waals surface area contributed by atoms with Gasteiger partial charge < -0.3 is 4.74 Å². The Labute approximate surface area is 97.6 Å². The molecule has 0 saturated carbocycles. The normalized spacial score (nSPS) is 12.6. The van der Waals surface area contributed by atoms with Gasteiger partial charge in [-0.2, -0.15) is 0 Å². The summed E-state index contributed by atoms with van der Waals surface area (Å²) in [4.78, 5) is 12.1. The fraction of sp³-hybridized carbons (Fsp3) is 0.500. The SMILES string of the molecule is COc1cc(C(=O)C(C)C(C)C)ccc1C. The Morgan fingerprint density at radius 1 is 1.25 bits per heavy atom. The minimum absolute atomic E-state index is 0.0485. The maximum atomic E-state index is 12.1. The van der Waals surface area contributed by atoms with E-state index in [0.717, 1.165) is 16.9 Å². The third kappa shape index (κ3) is 2.63. The Morgan fingerprint density at radius 3 is 2.38 bits per heavy atom. The van der Waals surface area contributed by atoms with Crippen molar-refractivity contribution >= 4 is 5.78 Å². The summed E-state index contributed by atoms with van der Waals surface area (Å²) in [7, 11) is 1.63. The largest absolute Gasteiger partial charge is 0.496 e. The van der Waals surface area contributed by atoms with Gasteiger partial charge in [0.1, 0.15) is 5.75 Å². The predicted molar refractivity (Wildman–Crippen MR) is 66.1 cm³/mol. The zero-order chi connectivity index (χ0) is 12.3. The quantitative estimate of drug-likeness (QED) is 0.726. The van der Waals surface area contributed by atoms with E-state index in [2.05, 4.69) is 13.8 Å². The summed E-state index contributed by atoms with van der Waals surface area (Å²) in [5, 5.41) is 0. The molecule has 0 saturated heterocycles. The average molecular weight is 220 g/mol. The number of aryl methyl sites for hydroxylation is 1. The fourth-order valence-corrected chi connectivity index (χ4v) is 1.54. The van der Waals surface area contributed by atoms with Crippen LogP contribution in [0.25, 0.3) is 0 Å². The number of methoxy groups -OCH3 is 1. The molecule has 16 heavy (non-hydrogen) atoms. The van der Waals surface area contributed by atoms with E-state index in [4.69, 9.17) is 4.74 Å². The van der Waals surface area contributed by atoms with Gasteiger partial charge >= 0.3 is 0 Å². The monoisotopic (exact) mass is 220 g/mol. The maximum Gasteiger partial charge on any atom is 0.166 e. The van der Waals surface area contributed by atoms with Crippen LogP contribution >= 0.6 is 0 Å². The molecule has 0 aliphatic rings. The molecule has 0 aliphatic heterocycles. The molecule has 88 valence electrons. The van der Waals surface area contributed by atoms with Crippen LogP contribution in [0.15, 0.2) is 18.2 Å². The number of carbonyl (C=O) groups excluding carboxylic acids is 1. The van der Waals surface area contributed by atoms with Gasteiger partial charge in [0.05, 0.1) is 7.11 Å². The fourth-order valence-electron chi connectivity index (χ4n) is 1.54. The highest BCUT2D eigenvalue weighted by Gasteiger charge is 2.19. The molecule has 0 aliphatic carbocycles. The van der Waals surface area contributed by atoms with Gasteiger partial charge in [-0.05, 0) is 24.5 Å². The Bertz CT molecular complexity index is 380. The highest BCUT2D eigenvalue weighted by Crippen LogP contribution is 2.23. The van der Waals surface area contributed by atoms with Crippen molar-refractivity contribution < 1.29 is 9.53 Å². The van der Waals surface area contributed by atoms with Crippen LogP contribution in [0.5, 0.6) is 5.75 Å². The Kier molecular flexibility index (Phi) is 4.11. The Hall–Kier alpha value is -1.31. The Morgan fingerprint density at radius 2 is 1.88 bits per heavy atom. The van der Waals surface area contributed by atoms with Crippen molar-refractivity contribution in [2.75, 3.05) is 7.11 Å². The molecule has 0 amide bonds. The van der Waals surface area contributed by atoms with Gasteiger partial charge in [-0.25, -0.2) is 0 Å². The van der Waals surface area contributed by atoms with Crippen molar-refractivity contribution in [1.82, 2.24) is 0 Å². The lowest BCUT2D eigenvalue weighted by Crippen LogP contribution is -2.17. The summed E-state index contributed by atoms with van der Waals surface area (Å²) in [5.74, 6) is 1.38. The molecule has 0 spiro atoms. The number of ether oxygens (including phenoxy) is 1. The summed E-state index contributed by atoms with van der Waals surface area (Å²) < 4.78 is 5.22. The van der Waals surface area contributed by atoms with E-state index in [1.165, 1.54) is 0 Å². The summed E-state index contributed by atoms with van der Waals surface area (Å²) in [5.41, 5.74) is 1.79. The van der Waals surface area contributed by atoms with Crippen molar-refractivity contribution in [3.05, 3.63) is 29.3 Å². The van der Waals surface area contributed by atoms with Crippen LogP contribution in [0.3, 0.4) is 0 Å². The molecular formula is C14H20O2. The second-order valence-corrected chi connectivity index (χ2v) is 4.58. The number of Topliss-reactive ketones (excluding diaryl/α,β-unsaturated/α-hetero) is 1. The highest BCUT2D eigenvalue weighted by molar-refractivity contribution is 5.98. The van der Waals surface area contributed by atoms with Crippen LogP contribution in [-0.2, 0) is 0 Å². The summed E-state index contributed by atoms with van der Waals surface area (Å²) >= 11 is 0. The van der Waals surface area contributed by atoms with Gasteiger partial charge in [0, 0.05) is 11.5 Å². The first-order valence-electron chi connectivity index (χ1n) is 5.66. The van der Waals surface area contributed by atoms with Crippen molar-refractivity contribution in [2.24, 2.45) is 11.8 Å². The molecule has 0 fully saturated rings. The molecule has 0 bridgehead atoms. The molecule has 0 N–H and O–H groups in total. The third-order valence-corrected chi connectivity index (χ3v) is 3.11. The topological polar surface area (TPSA) is 26.3 Å². The first kappa shape index (κ1) is 12.8. The van der Waals surface area contributed by atoms with Crippen LogP contribution in [0.4, 0.5) is 0 Å². The van der Waals surface area contributed by atoms with E-state index in [0.29, 0.717) is 5.92 Å². The van der Waals surface area contributed by atoms with Crippen LogP contribution < -0.4 is 4.74 Å². The highest BCUT2D eigenvalue weighted by atomic mass is 16.5. The third-order valence-electron chi connectivity index (χ3n) is 3.11. The first-order chi connectivity index (χ1) is 7.47. The van der Waals surface area contributed by atoms with Crippen LogP contribution in [0.1, 0.15) is 36.7 Å². The lowest BCUT2D eigenvalue weighted by Gasteiger charge is -2.15. The van der Waals surface area contributed by atoms with E-state index in [1.54, 1.807) is 7.11 Å². The van der Waals surface area contributed by atoms with Crippen LogP contribution in [0.2, 0.25) is 0 Å². The van der Waals surface area contributed by atoms with E-state index < -0.39 is 0 Å². The van der Waals surface area contributed by atoms with Crippen molar-refractivity contribution in [1.29, 1.82) is 0 Å². The number of rotatable bonds is 4. The van der Waals surface area contributed by atoms with Gasteiger partial charge in [-0.3, -0.25) is 4.79 Å². The van der Waals surface area contributed by atoms with Gasteiger partial charge in [0.15, 0.2) is 5.78 Å². The van der Waals surface area contributed by atoms with E-state index in [1.807, 2.05) is 32.0 Å². The van der Waals surface area contributed by atoms with Crippen molar-refractivity contribution in [3.63, 3.8) is 0 Å². The van der Waals surface area contributed by atoms with Crippen LogP contribution in [0, 0.1) is 18.8 Å². The summed E-state index contributed by atoms with van der Waals surface area (Å²) in [6.07, 6.45) is 0. The van der Waals surface area contributed by atoms with Gasteiger partial charge in [-0.15, -0.1) is 0 Å². The van der Waals surface area contributed by atoms with E-state index >= 15 is 0 Å². The summed E-state index contributed by atoms with van der Waals surface area (Å²) in [6, 6.07) is 5.63. The van der Waals surface area contributed by atoms with Crippen molar-refractivity contribution in [3.8, 4) is 5.75 Å². The molecule has 0 radical (unpaired) electrons. The van der Waals surface area contributed by atoms with E-state index in [-0.39, 0.29) is 11.7 Å². The number of hydrogen-bond donors (Lipinski definition) is 0. The number of carbonyl (C=O) groups is 1. The molecule has 0 aromatic heterocycles. The lowest BCUT2D eigenvalue weighted by molar-refractivity contribution is 0.0899. The zero-order valence-electron chi connectivity index (χ0n) is 10.7. The molecule has 1 aromatic carbocycles. The van der Waals surface area contributed by atoms with Gasteiger partial charge in [-0.1, -0.05) is 32.9 Å². The first-order valence-corrected chi connectivity index (χ1v) is 5.66. The van der Waals surface area contributed by atoms with Crippen LogP contribution in [-0.4, -0.2) is 12.9 Å². The lowest BCUT2D eigenvalue weighted by atomic mass is 9.89. The van der Waals surface area contributed by atoms with Gasteiger partial charge in [0.25, 0.3) is 0 Å². The van der Waals surface area contributed by atoms with Crippen molar-refractivity contribution in [2.45, 2.75) is 27.7 Å². The van der Waals surface area contributed by atoms with Gasteiger partial charge in [0.2, 0.25) is 0 Å². The molecule has 1 atom stereocenters. The molecule has 1 rings (SSSR count). The molecule has 0 heterocycles. The smallest absolute Gasteiger partial charge is 0.166 e. The minimum atomic E-state index is 0.0485. The summed E-state index contributed by atoms with van der Waals surface area (Å²) in [6.45, 7) is 8.07. The minimum Gasteiger partial charge on any atom is -0.496 e. The second-order valence-electron chi connectivity index (χ2n) is 4.58. The number of benzene rings is 1. The molecule has 1 aromatic rings. The second kappa shape index (κ2) is 5.15. The zero-order valence-corrected chi connectivity index (χ0v) is 10.7. The molecule has 2 heteroatoms. The number of ketones is 1. The molecule has 1 unspecified atom stereocenters. The maximum absolute atomic E-state index is 12.1. The standard InChI is InChI=1S/C14H20O2/c1-9(2)11(4)14(15)12-7-6-10(3)13(8-12)16-5/h6-9,11H,1-5H3. The molecule has 2 nitrogen and oxygen atoms in total.